The zero-order valence-electron chi connectivity index (χ0n) is 14.1. The minimum atomic E-state index is 0.169. The number of rotatable bonds is 4. The van der Waals surface area contributed by atoms with E-state index >= 15 is 0 Å². The van der Waals surface area contributed by atoms with Crippen LogP contribution in [0.3, 0.4) is 0 Å². The molecule has 1 fully saturated rings. The number of anilines is 1. The molecule has 24 heavy (non-hydrogen) atoms. The van der Waals surface area contributed by atoms with E-state index in [0.29, 0.717) is 12.8 Å². The Hall–Kier alpha value is -2.49. The summed E-state index contributed by atoms with van der Waals surface area (Å²) in [6, 6.07) is 15.7. The van der Waals surface area contributed by atoms with Crippen LogP contribution in [0.1, 0.15) is 17.5 Å². The second kappa shape index (κ2) is 7.39. The molecule has 126 valence electrons. The third-order valence-corrected chi connectivity index (χ3v) is 4.60. The highest BCUT2D eigenvalue weighted by Crippen LogP contribution is 2.20. The van der Waals surface area contributed by atoms with Gasteiger partial charge in [-0.1, -0.05) is 30.3 Å². The van der Waals surface area contributed by atoms with Gasteiger partial charge in [-0.05, 0) is 42.7 Å². The fourth-order valence-electron chi connectivity index (χ4n) is 3.16. The predicted molar refractivity (Wildman–Crippen MR) is 96.4 cm³/mol. The third kappa shape index (κ3) is 3.88. The van der Waals surface area contributed by atoms with Crippen molar-refractivity contribution in [1.29, 1.82) is 0 Å². The Balaban J connectivity index is 1.51. The highest BCUT2D eigenvalue weighted by molar-refractivity contribution is 5.77. The van der Waals surface area contributed by atoms with Gasteiger partial charge in [-0.3, -0.25) is 4.79 Å². The summed E-state index contributed by atoms with van der Waals surface area (Å²) in [6.07, 6.45) is 1.03. The summed E-state index contributed by atoms with van der Waals surface area (Å²) in [5.41, 5.74) is 3.33. The molecule has 0 saturated carbocycles. The normalized spacial score (nSPS) is 14.7. The van der Waals surface area contributed by atoms with Crippen molar-refractivity contribution in [2.45, 2.75) is 19.8 Å². The molecule has 1 aliphatic rings. The van der Waals surface area contributed by atoms with Crippen LogP contribution in [0, 0.1) is 6.92 Å². The zero-order chi connectivity index (χ0) is 16.9. The van der Waals surface area contributed by atoms with E-state index in [4.69, 9.17) is 0 Å². The van der Waals surface area contributed by atoms with E-state index in [1.54, 1.807) is 12.1 Å². The fourth-order valence-corrected chi connectivity index (χ4v) is 3.16. The second-order valence-corrected chi connectivity index (χ2v) is 6.34. The van der Waals surface area contributed by atoms with Crippen molar-refractivity contribution in [2.24, 2.45) is 0 Å². The van der Waals surface area contributed by atoms with Crippen LogP contribution >= 0.6 is 0 Å². The van der Waals surface area contributed by atoms with Crippen molar-refractivity contribution in [2.75, 3.05) is 31.1 Å². The summed E-state index contributed by atoms with van der Waals surface area (Å²) in [6.45, 7) is 5.35. The first kappa shape index (κ1) is 16.4. The monoisotopic (exact) mass is 324 g/mol. The average Bonchev–Trinajstić information content (AvgIpc) is 2.61. The quantitative estimate of drug-likeness (QED) is 0.940. The number of para-hydroxylation sites is 1. The molecule has 0 aliphatic carbocycles. The number of amides is 1. The zero-order valence-corrected chi connectivity index (χ0v) is 14.1. The first-order valence-corrected chi connectivity index (χ1v) is 8.50. The maximum atomic E-state index is 12.4. The van der Waals surface area contributed by atoms with Crippen LogP contribution in [0.15, 0.2) is 48.5 Å². The molecule has 2 aromatic carbocycles. The summed E-state index contributed by atoms with van der Waals surface area (Å²) < 4.78 is 0. The maximum absolute atomic E-state index is 12.4. The van der Waals surface area contributed by atoms with Crippen LogP contribution in [0.5, 0.6) is 5.75 Å². The number of aryl methyl sites for hydroxylation is 2. The summed E-state index contributed by atoms with van der Waals surface area (Å²) in [7, 11) is 0. The first-order chi connectivity index (χ1) is 11.6. The predicted octanol–water partition coefficient (Wildman–Crippen LogP) is 2.98. The number of benzene rings is 2. The van der Waals surface area contributed by atoms with Crippen molar-refractivity contribution in [3.05, 3.63) is 59.7 Å². The molecule has 2 aromatic rings. The Morgan fingerprint density at radius 3 is 2.50 bits per heavy atom. The van der Waals surface area contributed by atoms with Gasteiger partial charge in [0, 0.05) is 38.3 Å². The number of hydrogen-bond acceptors (Lipinski definition) is 3. The van der Waals surface area contributed by atoms with E-state index in [9.17, 15) is 9.90 Å². The molecular formula is C20H24N2O2. The Kier molecular flexibility index (Phi) is 5.04. The third-order valence-electron chi connectivity index (χ3n) is 4.60. The number of hydrogen-bond donors (Lipinski definition) is 1. The molecule has 0 radical (unpaired) electrons. The molecule has 0 aromatic heterocycles. The van der Waals surface area contributed by atoms with Gasteiger partial charge in [0.05, 0.1) is 0 Å². The van der Waals surface area contributed by atoms with Crippen molar-refractivity contribution in [1.82, 2.24) is 4.90 Å². The van der Waals surface area contributed by atoms with E-state index in [2.05, 4.69) is 36.1 Å². The minimum absolute atomic E-state index is 0.169. The van der Waals surface area contributed by atoms with Crippen LogP contribution in [0.25, 0.3) is 0 Å². The van der Waals surface area contributed by atoms with Crippen LogP contribution in [0.4, 0.5) is 5.69 Å². The van der Waals surface area contributed by atoms with Gasteiger partial charge >= 0.3 is 0 Å². The average molecular weight is 324 g/mol. The summed E-state index contributed by atoms with van der Waals surface area (Å²) in [5, 5.41) is 9.79. The number of carbonyl (C=O) groups is 1. The highest BCUT2D eigenvalue weighted by atomic mass is 16.3. The Morgan fingerprint density at radius 2 is 1.79 bits per heavy atom. The van der Waals surface area contributed by atoms with Gasteiger partial charge in [0.2, 0.25) is 5.91 Å². The maximum Gasteiger partial charge on any atom is 0.223 e. The topological polar surface area (TPSA) is 43.8 Å². The molecule has 4 nitrogen and oxygen atoms in total. The number of aromatic hydroxyl groups is 1. The molecule has 4 heteroatoms. The first-order valence-electron chi connectivity index (χ1n) is 8.50. The van der Waals surface area contributed by atoms with Gasteiger partial charge in [0.15, 0.2) is 0 Å². The van der Waals surface area contributed by atoms with Crippen molar-refractivity contribution in [3.8, 4) is 5.75 Å². The van der Waals surface area contributed by atoms with Crippen LogP contribution in [0.2, 0.25) is 0 Å². The molecule has 0 atom stereocenters. The van der Waals surface area contributed by atoms with Crippen molar-refractivity contribution in [3.63, 3.8) is 0 Å². The molecule has 1 aliphatic heterocycles. The minimum Gasteiger partial charge on any atom is -0.508 e. The van der Waals surface area contributed by atoms with Crippen LogP contribution < -0.4 is 4.90 Å². The summed E-state index contributed by atoms with van der Waals surface area (Å²) in [5.74, 6) is 0.441. The van der Waals surface area contributed by atoms with E-state index in [1.807, 2.05) is 17.0 Å². The second-order valence-electron chi connectivity index (χ2n) is 6.34. The van der Waals surface area contributed by atoms with E-state index in [-0.39, 0.29) is 11.7 Å². The number of phenolic OH excluding ortho intramolecular Hbond substituents is 1. The summed E-state index contributed by atoms with van der Waals surface area (Å²) >= 11 is 0. The number of carbonyl (C=O) groups excluding carboxylic acids is 1. The molecule has 0 bridgehead atoms. The molecule has 1 saturated heterocycles. The fraction of sp³-hybridized carbons (Fsp3) is 0.350. The standard InChI is InChI=1S/C20H24N2O2/c1-16-5-4-7-18(15-16)21-11-13-22(14-12-21)20(24)10-9-17-6-2-3-8-19(17)23/h2-8,15,23H,9-14H2,1H3. The highest BCUT2D eigenvalue weighted by Gasteiger charge is 2.21. The number of phenols is 1. The summed E-state index contributed by atoms with van der Waals surface area (Å²) in [4.78, 5) is 16.7. The smallest absolute Gasteiger partial charge is 0.223 e. The Morgan fingerprint density at radius 1 is 1.04 bits per heavy atom. The van der Waals surface area contributed by atoms with Crippen LogP contribution in [-0.2, 0) is 11.2 Å². The van der Waals surface area contributed by atoms with E-state index in [0.717, 1.165) is 31.7 Å². The van der Waals surface area contributed by atoms with Crippen molar-refractivity contribution < 1.29 is 9.90 Å². The van der Waals surface area contributed by atoms with E-state index in [1.165, 1.54) is 11.3 Å². The van der Waals surface area contributed by atoms with Gasteiger partial charge in [-0.2, -0.15) is 0 Å². The Labute approximate surface area is 143 Å². The Bertz CT molecular complexity index is 706. The van der Waals surface area contributed by atoms with Crippen LogP contribution in [-0.4, -0.2) is 42.1 Å². The largest absolute Gasteiger partial charge is 0.508 e. The molecule has 1 N–H and O–H groups in total. The molecule has 3 rings (SSSR count). The lowest BCUT2D eigenvalue weighted by Crippen LogP contribution is -2.48. The lowest BCUT2D eigenvalue weighted by molar-refractivity contribution is -0.131. The van der Waals surface area contributed by atoms with Gasteiger partial charge in [-0.25, -0.2) is 0 Å². The lowest BCUT2D eigenvalue weighted by Gasteiger charge is -2.36. The van der Waals surface area contributed by atoms with Gasteiger partial charge < -0.3 is 14.9 Å². The SMILES string of the molecule is Cc1cccc(N2CCN(C(=O)CCc3ccccc3O)CC2)c1. The van der Waals surface area contributed by atoms with Gasteiger partial charge in [-0.15, -0.1) is 0 Å². The molecule has 0 unspecified atom stereocenters. The lowest BCUT2D eigenvalue weighted by atomic mass is 10.1. The van der Waals surface area contributed by atoms with Gasteiger partial charge in [0.25, 0.3) is 0 Å². The molecular weight excluding hydrogens is 300 g/mol. The molecule has 1 heterocycles. The van der Waals surface area contributed by atoms with Gasteiger partial charge in [0.1, 0.15) is 5.75 Å². The molecule has 0 spiro atoms. The van der Waals surface area contributed by atoms with Crippen molar-refractivity contribution >= 4 is 11.6 Å². The molecule has 1 amide bonds. The van der Waals surface area contributed by atoms with E-state index < -0.39 is 0 Å². The number of piperazine rings is 1. The number of nitrogens with zero attached hydrogens (tertiary/aromatic N) is 2.